The van der Waals surface area contributed by atoms with Crippen LogP contribution in [0.3, 0.4) is 0 Å². The van der Waals surface area contributed by atoms with Crippen LogP contribution in [0, 0.1) is 23.0 Å². The van der Waals surface area contributed by atoms with Gasteiger partial charge in [0.2, 0.25) is 5.69 Å². The summed E-state index contributed by atoms with van der Waals surface area (Å²) in [4.78, 5) is 35.3. The largest absolute Gasteiger partial charge is 0.481 e. The predicted molar refractivity (Wildman–Crippen MR) is 70.8 cm³/mol. The molecule has 0 saturated carbocycles. The third-order valence-electron chi connectivity index (χ3n) is 3.79. The lowest BCUT2D eigenvalue weighted by atomic mass is 9.93. The summed E-state index contributed by atoms with van der Waals surface area (Å²) in [5.41, 5.74) is -0.428. The number of rotatable bonds is 3. The minimum absolute atomic E-state index is 0.0401. The Morgan fingerprint density at radius 1 is 1.48 bits per heavy atom. The van der Waals surface area contributed by atoms with Crippen LogP contribution >= 0.6 is 0 Å². The van der Waals surface area contributed by atoms with Gasteiger partial charge in [-0.1, -0.05) is 0 Å². The number of nitro groups is 1. The van der Waals surface area contributed by atoms with Crippen LogP contribution in [-0.4, -0.2) is 49.6 Å². The molecule has 1 aromatic heterocycles. The van der Waals surface area contributed by atoms with Gasteiger partial charge in [0, 0.05) is 12.6 Å². The molecule has 0 bridgehead atoms. The van der Waals surface area contributed by atoms with Gasteiger partial charge < -0.3 is 10.0 Å². The predicted octanol–water partition coefficient (Wildman–Crippen LogP) is 0.952. The summed E-state index contributed by atoms with van der Waals surface area (Å²) >= 11 is 0. The van der Waals surface area contributed by atoms with Crippen molar-refractivity contribution in [3.05, 3.63) is 21.5 Å². The molecule has 1 fully saturated rings. The summed E-state index contributed by atoms with van der Waals surface area (Å²) in [5, 5.41) is 26.2. The minimum Gasteiger partial charge on any atom is -0.481 e. The molecule has 2 atom stereocenters. The maximum absolute atomic E-state index is 12.5. The maximum atomic E-state index is 12.5. The number of aromatic amines is 1. The molecule has 2 unspecified atom stereocenters. The molecule has 0 aromatic carbocycles. The Bertz CT molecular complexity index is 596. The molecule has 1 saturated heterocycles. The average molecular weight is 296 g/mol. The van der Waals surface area contributed by atoms with Gasteiger partial charge in [-0.25, -0.2) is 0 Å². The summed E-state index contributed by atoms with van der Waals surface area (Å²) < 4.78 is 0. The van der Waals surface area contributed by atoms with Crippen molar-refractivity contribution < 1.29 is 19.6 Å². The van der Waals surface area contributed by atoms with E-state index in [4.69, 9.17) is 5.11 Å². The molecule has 1 aromatic rings. The Hall–Kier alpha value is -2.45. The second kappa shape index (κ2) is 5.51. The van der Waals surface area contributed by atoms with Crippen molar-refractivity contribution in [2.45, 2.75) is 32.7 Å². The van der Waals surface area contributed by atoms with E-state index in [0.717, 1.165) is 0 Å². The fourth-order valence-corrected chi connectivity index (χ4v) is 2.52. The van der Waals surface area contributed by atoms with Crippen LogP contribution in [0.25, 0.3) is 0 Å². The number of aromatic nitrogens is 2. The van der Waals surface area contributed by atoms with Crippen molar-refractivity contribution in [3.63, 3.8) is 0 Å². The van der Waals surface area contributed by atoms with Crippen molar-refractivity contribution in [1.82, 2.24) is 15.1 Å². The number of aryl methyl sites for hydroxylation is 1. The number of amides is 1. The molecule has 114 valence electrons. The molecular weight excluding hydrogens is 280 g/mol. The van der Waals surface area contributed by atoms with Crippen molar-refractivity contribution >= 4 is 17.6 Å². The number of aliphatic carboxylic acids is 1. The Balaban J connectivity index is 2.30. The highest BCUT2D eigenvalue weighted by molar-refractivity contribution is 5.97. The third-order valence-corrected chi connectivity index (χ3v) is 3.79. The maximum Gasteiger partial charge on any atom is 0.322 e. The van der Waals surface area contributed by atoms with Gasteiger partial charge in [-0.3, -0.25) is 24.8 Å². The molecule has 21 heavy (non-hydrogen) atoms. The lowest BCUT2D eigenvalue weighted by molar-refractivity contribution is -0.385. The number of hydrogen-bond acceptors (Lipinski definition) is 5. The zero-order chi connectivity index (χ0) is 15.7. The number of carboxylic acid groups (broad SMARTS) is 1. The quantitative estimate of drug-likeness (QED) is 0.631. The number of likely N-dealkylation sites (tertiary alicyclic amines) is 1. The molecule has 0 aliphatic carbocycles. The number of carboxylic acids is 1. The number of piperidine rings is 1. The van der Waals surface area contributed by atoms with Crippen LogP contribution in [0.15, 0.2) is 0 Å². The highest BCUT2D eigenvalue weighted by Crippen LogP contribution is 2.27. The zero-order valence-electron chi connectivity index (χ0n) is 11.7. The summed E-state index contributed by atoms with van der Waals surface area (Å²) in [5.74, 6) is -2.22. The zero-order valence-corrected chi connectivity index (χ0v) is 11.7. The van der Waals surface area contributed by atoms with E-state index in [1.54, 1.807) is 6.92 Å². The number of H-pyrrole nitrogens is 1. The fourth-order valence-electron chi connectivity index (χ4n) is 2.52. The Kier molecular flexibility index (Phi) is 3.92. The average Bonchev–Trinajstić information content (AvgIpc) is 2.80. The summed E-state index contributed by atoms with van der Waals surface area (Å²) in [6.45, 7) is 3.29. The molecule has 1 amide bonds. The first kappa shape index (κ1) is 14.9. The Morgan fingerprint density at radius 3 is 2.71 bits per heavy atom. The third kappa shape index (κ3) is 2.71. The summed E-state index contributed by atoms with van der Waals surface area (Å²) in [6, 6.07) is -0.176. The highest BCUT2D eigenvalue weighted by atomic mass is 16.6. The van der Waals surface area contributed by atoms with Gasteiger partial charge in [-0.15, -0.1) is 0 Å². The molecule has 0 spiro atoms. The van der Waals surface area contributed by atoms with Crippen LogP contribution < -0.4 is 0 Å². The second-order valence-electron chi connectivity index (χ2n) is 5.22. The first-order chi connectivity index (χ1) is 9.82. The minimum atomic E-state index is -0.965. The van der Waals surface area contributed by atoms with Crippen LogP contribution in [0.1, 0.15) is 35.9 Å². The Labute approximate surface area is 120 Å². The van der Waals surface area contributed by atoms with E-state index < -0.39 is 22.7 Å². The molecule has 2 heterocycles. The highest BCUT2D eigenvalue weighted by Gasteiger charge is 2.37. The summed E-state index contributed by atoms with van der Waals surface area (Å²) in [6.07, 6.45) is 1.03. The van der Waals surface area contributed by atoms with E-state index in [1.165, 1.54) is 11.8 Å². The number of nitrogens with zero attached hydrogens (tertiary/aromatic N) is 3. The fraction of sp³-hybridized carbons (Fsp3) is 0.583. The van der Waals surface area contributed by atoms with Gasteiger partial charge in [0.1, 0.15) is 5.69 Å². The van der Waals surface area contributed by atoms with Crippen molar-refractivity contribution in [2.24, 2.45) is 5.92 Å². The molecule has 1 aliphatic rings. The topological polar surface area (TPSA) is 129 Å². The Morgan fingerprint density at radius 2 is 2.14 bits per heavy atom. The van der Waals surface area contributed by atoms with Crippen LogP contribution in [0.2, 0.25) is 0 Å². The van der Waals surface area contributed by atoms with Crippen molar-refractivity contribution in [2.75, 3.05) is 6.54 Å². The van der Waals surface area contributed by atoms with Gasteiger partial charge in [-0.2, -0.15) is 5.10 Å². The first-order valence-electron chi connectivity index (χ1n) is 6.56. The molecule has 2 rings (SSSR count). The van der Waals surface area contributed by atoms with Gasteiger partial charge in [0.05, 0.1) is 10.8 Å². The molecule has 2 N–H and O–H groups in total. The SMILES string of the molecule is Cc1[nH]nc(C(=O)N2CC(C(=O)O)CCC2C)c1[N+](=O)[O-]. The smallest absolute Gasteiger partial charge is 0.322 e. The standard InChI is InChI=1S/C12H16N4O5/c1-6-3-4-8(12(18)19)5-15(6)11(17)9-10(16(20)21)7(2)13-14-9/h6,8H,3-5H2,1-2H3,(H,13,14)(H,18,19). The first-order valence-corrected chi connectivity index (χ1v) is 6.56. The van der Waals surface area contributed by atoms with Crippen LogP contribution in [0.5, 0.6) is 0 Å². The van der Waals surface area contributed by atoms with Crippen molar-refractivity contribution in [1.29, 1.82) is 0 Å². The number of carbonyl (C=O) groups excluding carboxylic acids is 1. The van der Waals surface area contributed by atoms with Crippen LogP contribution in [-0.2, 0) is 4.79 Å². The normalized spacial score (nSPS) is 22.1. The molecule has 9 nitrogen and oxygen atoms in total. The number of carbonyl (C=O) groups is 2. The van der Waals surface area contributed by atoms with Gasteiger partial charge in [0.15, 0.2) is 0 Å². The second-order valence-corrected chi connectivity index (χ2v) is 5.22. The van der Waals surface area contributed by atoms with Gasteiger partial charge in [-0.05, 0) is 26.7 Å². The monoisotopic (exact) mass is 296 g/mol. The van der Waals surface area contributed by atoms with Gasteiger partial charge in [0.25, 0.3) is 5.91 Å². The van der Waals surface area contributed by atoms with E-state index >= 15 is 0 Å². The van der Waals surface area contributed by atoms with E-state index in [0.29, 0.717) is 12.8 Å². The van der Waals surface area contributed by atoms with E-state index in [-0.39, 0.29) is 29.7 Å². The number of nitrogens with one attached hydrogen (secondary N) is 1. The molecule has 0 radical (unpaired) electrons. The van der Waals surface area contributed by atoms with E-state index in [1.807, 2.05) is 0 Å². The number of hydrogen-bond donors (Lipinski definition) is 2. The summed E-state index contributed by atoms with van der Waals surface area (Å²) in [7, 11) is 0. The van der Waals surface area contributed by atoms with E-state index in [9.17, 15) is 19.7 Å². The van der Waals surface area contributed by atoms with Crippen molar-refractivity contribution in [3.8, 4) is 0 Å². The molecule has 9 heteroatoms. The van der Waals surface area contributed by atoms with Crippen LogP contribution in [0.4, 0.5) is 5.69 Å². The van der Waals surface area contributed by atoms with E-state index in [2.05, 4.69) is 10.2 Å². The lowest BCUT2D eigenvalue weighted by Crippen LogP contribution is -2.47. The molecular formula is C12H16N4O5. The lowest BCUT2D eigenvalue weighted by Gasteiger charge is -2.35. The van der Waals surface area contributed by atoms with Gasteiger partial charge >= 0.3 is 11.7 Å². The molecule has 1 aliphatic heterocycles.